The molecule has 1 aromatic carbocycles. The largest absolute Gasteiger partial charge is 0.392 e. The molecule has 1 aromatic rings. The van der Waals surface area contributed by atoms with E-state index in [1.807, 2.05) is 12.1 Å². The van der Waals surface area contributed by atoms with Gasteiger partial charge in [-0.15, -0.1) is 0 Å². The number of rotatable bonds is 7. The molecule has 3 rings (SSSR count). The van der Waals surface area contributed by atoms with E-state index in [4.69, 9.17) is 10.0 Å². The molecule has 3 N–H and O–H groups in total. The van der Waals surface area contributed by atoms with Crippen molar-refractivity contribution < 1.29 is 23.6 Å². The van der Waals surface area contributed by atoms with Crippen LogP contribution >= 0.6 is 0 Å². The van der Waals surface area contributed by atoms with Crippen LogP contribution in [0.15, 0.2) is 29.4 Å². The molecule has 3 atom stereocenters. The Bertz CT molecular complexity index is 758. The zero-order valence-electron chi connectivity index (χ0n) is 14.3. The summed E-state index contributed by atoms with van der Waals surface area (Å²) in [4.78, 5) is 5.40. The number of nitrogens with zero attached hydrogens (tertiary/aromatic N) is 1. The molecule has 1 heterocycles. The highest BCUT2D eigenvalue weighted by Gasteiger charge is 2.46. The van der Waals surface area contributed by atoms with Crippen LogP contribution in [0.3, 0.4) is 0 Å². The highest BCUT2D eigenvalue weighted by molar-refractivity contribution is 7.92. The lowest BCUT2D eigenvalue weighted by Gasteiger charge is -2.32. The van der Waals surface area contributed by atoms with Crippen molar-refractivity contribution >= 4 is 15.5 Å². The number of aliphatic hydroxyl groups is 1. The van der Waals surface area contributed by atoms with E-state index >= 15 is 0 Å². The average Bonchev–Trinajstić information content (AvgIpc) is 3.33. The third-order valence-electron chi connectivity index (χ3n) is 5.21. The van der Waals surface area contributed by atoms with Crippen molar-refractivity contribution in [2.75, 3.05) is 6.26 Å². The first-order valence-corrected chi connectivity index (χ1v) is 10.2. The Morgan fingerprint density at radius 2 is 2.00 bits per heavy atom. The Hall–Kier alpha value is -1.48. The lowest BCUT2D eigenvalue weighted by atomic mass is 9.95. The summed E-state index contributed by atoms with van der Waals surface area (Å²) in [5, 5.41) is 23.0. The Balaban J connectivity index is 1.68. The van der Waals surface area contributed by atoms with Gasteiger partial charge in [-0.05, 0) is 36.8 Å². The molecule has 1 saturated carbocycles. The molecule has 2 aliphatic rings. The first-order chi connectivity index (χ1) is 11.7. The summed E-state index contributed by atoms with van der Waals surface area (Å²) < 4.78 is 22.6. The maximum atomic E-state index is 12.1. The number of hydroxylamine groups is 1. The van der Waals surface area contributed by atoms with E-state index in [0.29, 0.717) is 12.3 Å². The fourth-order valence-electron chi connectivity index (χ4n) is 3.13. The SMILES string of the molecule is C[C@@](CC1CC(c2ccc(C3CC3)cc2)=NO1)(C(O)NO)S(C)(=O)=O. The van der Waals surface area contributed by atoms with Gasteiger partial charge in [0, 0.05) is 19.1 Å². The number of benzene rings is 1. The molecule has 0 amide bonds. The van der Waals surface area contributed by atoms with E-state index in [1.165, 1.54) is 25.3 Å². The fraction of sp³-hybridized carbons (Fsp3) is 0.588. The summed E-state index contributed by atoms with van der Waals surface area (Å²) in [6.07, 6.45) is 1.88. The van der Waals surface area contributed by atoms with Crippen LogP contribution in [0.25, 0.3) is 0 Å². The van der Waals surface area contributed by atoms with Crippen molar-refractivity contribution in [2.24, 2.45) is 5.16 Å². The number of oxime groups is 1. The molecule has 1 aliphatic heterocycles. The zero-order chi connectivity index (χ0) is 18.2. The van der Waals surface area contributed by atoms with Crippen molar-refractivity contribution in [3.63, 3.8) is 0 Å². The summed E-state index contributed by atoms with van der Waals surface area (Å²) in [5.74, 6) is 0.687. The number of nitrogens with one attached hydrogen (secondary N) is 1. The van der Waals surface area contributed by atoms with Gasteiger partial charge in [0.05, 0.1) is 5.71 Å². The molecule has 25 heavy (non-hydrogen) atoms. The van der Waals surface area contributed by atoms with E-state index in [9.17, 15) is 13.5 Å². The number of hydrogen-bond acceptors (Lipinski definition) is 7. The Kier molecular flexibility index (Phi) is 4.89. The molecular formula is C17H24N2O5S. The first-order valence-electron chi connectivity index (χ1n) is 8.35. The fourth-order valence-corrected chi connectivity index (χ4v) is 4.07. The van der Waals surface area contributed by atoms with E-state index in [2.05, 4.69) is 17.3 Å². The van der Waals surface area contributed by atoms with Gasteiger partial charge in [0.2, 0.25) is 0 Å². The highest BCUT2D eigenvalue weighted by Crippen LogP contribution is 2.40. The molecule has 8 heteroatoms. The van der Waals surface area contributed by atoms with E-state index < -0.39 is 26.9 Å². The van der Waals surface area contributed by atoms with Gasteiger partial charge in [0.25, 0.3) is 0 Å². The first kappa shape index (κ1) is 18.3. The van der Waals surface area contributed by atoms with Crippen molar-refractivity contribution in [1.29, 1.82) is 0 Å². The number of aliphatic hydroxyl groups excluding tert-OH is 1. The summed E-state index contributed by atoms with van der Waals surface area (Å²) in [7, 11) is -3.66. The second kappa shape index (κ2) is 6.68. The zero-order valence-corrected chi connectivity index (χ0v) is 15.2. The van der Waals surface area contributed by atoms with E-state index in [0.717, 1.165) is 17.5 Å². The smallest absolute Gasteiger partial charge is 0.156 e. The Morgan fingerprint density at radius 1 is 1.36 bits per heavy atom. The molecule has 0 aromatic heterocycles. The Morgan fingerprint density at radius 3 is 2.52 bits per heavy atom. The lowest BCUT2D eigenvalue weighted by Crippen LogP contribution is -2.54. The number of hydrogen-bond donors (Lipinski definition) is 3. The predicted octanol–water partition coefficient (Wildman–Crippen LogP) is 1.55. The molecule has 0 radical (unpaired) electrons. The van der Waals surface area contributed by atoms with Gasteiger partial charge in [0.15, 0.2) is 9.84 Å². The summed E-state index contributed by atoms with van der Waals surface area (Å²) in [6.45, 7) is 1.38. The van der Waals surface area contributed by atoms with E-state index in [1.54, 1.807) is 5.48 Å². The summed E-state index contributed by atoms with van der Waals surface area (Å²) in [6, 6.07) is 8.22. The van der Waals surface area contributed by atoms with Crippen molar-refractivity contribution in [2.45, 2.75) is 55.6 Å². The molecule has 0 spiro atoms. The van der Waals surface area contributed by atoms with Crippen LogP contribution < -0.4 is 5.48 Å². The molecule has 1 aliphatic carbocycles. The molecule has 2 unspecified atom stereocenters. The van der Waals surface area contributed by atoms with Gasteiger partial charge in [-0.1, -0.05) is 29.4 Å². The minimum absolute atomic E-state index is 0.00766. The minimum atomic E-state index is -3.66. The van der Waals surface area contributed by atoms with Gasteiger partial charge in [-0.25, -0.2) is 8.42 Å². The molecular weight excluding hydrogens is 344 g/mol. The van der Waals surface area contributed by atoms with Crippen LogP contribution in [0.5, 0.6) is 0 Å². The van der Waals surface area contributed by atoms with Crippen LogP contribution in [0.2, 0.25) is 0 Å². The maximum absolute atomic E-state index is 12.1. The lowest BCUT2D eigenvalue weighted by molar-refractivity contribution is -0.0355. The van der Waals surface area contributed by atoms with Gasteiger partial charge < -0.3 is 15.2 Å². The average molecular weight is 368 g/mol. The maximum Gasteiger partial charge on any atom is 0.156 e. The highest BCUT2D eigenvalue weighted by atomic mass is 32.2. The van der Waals surface area contributed by atoms with Crippen molar-refractivity contribution in [3.8, 4) is 0 Å². The van der Waals surface area contributed by atoms with Gasteiger partial charge in [0.1, 0.15) is 17.1 Å². The van der Waals surface area contributed by atoms with Crippen LogP contribution in [0, 0.1) is 0 Å². The van der Waals surface area contributed by atoms with E-state index in [-0.39, 0.29) is 6.42 Å². The van der Waals surface area contributed by atoms with Crippen molar-refractivity contribution in [3.05, 3.63) is 35.4 Å². The van der Waals surface area contributed by atoms with Gasteiger partial charge in [-0.2, -0.15) is 5.48 Å². The van der Waals surface area contributed by atoms with Gasteiger partial charge in [-0.3, -0.25) is 0 Å². The normalized spacial score (nSPS) is 24.3. The van der Waals surface area contributed by atoms with Gasteiger partial charge >= 0.3 is 0 Å². The quantitative estimate of drug-likeness (QED) is 0.498. The van der Waals surface area contributed by atoms with Crippen LogP contribution in [-0.2, 0) is 14.7 Å². The predicted molar refractivity (Wildman–Crippen MR) is 93.2 cm³/mol. The third-order valence-corrected chi connectivity index (χ3v) is 7.29. The summed E-state index contributed by atoms with van der Waals surface area (Å²) >= 11 is 0. The van der Waals surface area contributed by atoms with Crippen molar-refractivity contribution in [1.82, 2.24) is 5.48 Å². The Labute approximate surface area is 147 Å². The van der Waals surface area contributed by atoms with Crippen LogP contribution in [0.4, 0.5) is 0 Å². The topological polar surface area (TPSA) is 108 Å². The minimum Gasteiger partial charge on any atom is -0.392 e. The second-order valence-electron chi connectivity index (χ2n) is 7.19. The third kappa shape index (κ3) is 3.72. The van der Waals surface area contributed by atoms with Crippen LogP contribution in [0.1, 0.15) is 49.7 Å². The second-order valence-corrected chi connectivity index (χ2v) is 9.66. The molecule has 0 bridgehead atoms. The number of sulfone groups is 1. The molecule has 138 valence electrons. The van der Waals surface area contributed by atoms with Crippen LogP contribution in [-0.4, -0.2) is 47.8 Å². The summed E-state index contributed by atoms with van der Waals surface area (Å²) in [5.41, 5.74) is 4.68. The molecule has 7 nitrogen and oxygen atoms in total. The monoisotopic (exact) mass is 368 g/mol. The standard InChI is InChI=1S/C17H24N2O5S/c1-17(16(20)18-21,25(2,22)23)10-14-9-15(19-24-14)13-7-5-12(6-8-13)11-3-4-11/h5-8,11,14,16,18,20-21H,3-4,9-10H2,1-2H3/t14?,16?,17-/m1/s1. The molecule has 0 saturated heterocycles. The molecule has 1 fully saturated rings.